The molecule has 2 atom stereocenters. The number of carbonyl (C=O) groups is 3. The number of hydrogen-bond donors (Lipinski definition) is 2. The van der Waals surface area contributed by atoms with Crippen LogP contribution >= 0.6 is 0 Å². The molecule has 0 unspecified atom stereocenters. The van der Waals surface area contributed by atoms with Crippen molar-refractivity contribution in [2.75, 3.05) is 39.8 Å². The van der Waals surface area contributed by atoms with Gasteiger partial charge in [0, 0.05) is 50.5 Å². The van der Waals surface area contributed by atoms with E-state index in [0.29, 0.717) is 37.4 Å². The van der Waals surface area contributed by atoms with Crippen molar-refractivity contribution in [3.63, 3.8) is 0 Å². The summed E-state index contributed by atoms with van der Waals surface area (Å²) in [6, 6.07) is 6.82. The predicted octanol–water partition coefficient (Wildman–Crippen LogP) is 3.02. The molecule has 4 amide bonds. The molecule has 1 fully saturated rings. The van der Waals surface area contributed by atoms with E-state index in [1.165, 1.54) is 4.90 Å². The molecule has 1 saturated heterocycles. The number of amides is 4. The third kappa shape index (κ3) is 6.33. The van der Waals surface area contributed by atoms with Crippen LogP contribution in [0.4, 0.5) is 9.59 Å². The van der Waals surface area contributed by atoms with E-state index in [0.717, 1.165) is 11.1 Å². The van der Waals surface area contributed by atoms with E-state index < -0.39 is 12.0 Å². The van der Waals surface area contributed by atoms with Gasteiger partial charge in [-0.15, -0.1) is 0 Å². The van der Waals surface area contributed by atoms with Crippen molar-refractivity contribution in [1.82, 2.24) is 25.3 Å². The number of piperazine rings is 1. The topological polar surface area (TPSA) is 94.2 Å². The van der Waals surface area contributed by atoms with E-state index in [1.54, 1.807) is 14.0 Å². The Morgan fingerprint density at radius 3 is 2.54 bits per heavy atom. The first-order valence-electron chi connectivity index (χ1n) is 12.2. The van der Waals surface area contributed by atoms with E-state index >= 15 is 0 Å². The maximum absolute atomic E-state index is 13.2. The monoisotopic (exact) mass is 485 g/mol. The minimum Gasteiger partial charge on any atom is -0.463 e. The minimum atomic E-state index is -0.594. The molecular weight excluding hydrogens is 446 g/mol. The highest BCUT2D eigenvalue weighted by molar-refractivity contribution is 5.95. The van der Waals surface area contributed by atoms with Crippen molar-refractivity contribution in [3.8, 4) is 0 Å². The van der Waals surface area contributed by atoms with Crippen LogP contribution in [-0.4, -0.2) is 84.1 Å². The Kier molecular flexibility index (Phi) is 8.10. The zero-order chi connectivity index (χ0) is 25.9. The molecule has 1 aromatic rings. The van der Waals surface area contributed by atoms with E-state index in [1.807, 2.05) is 63.8 Å². The zero-order valence-electron chi connectivity index (χ0n) is 22.0. The summed E-state index contributed by atoms with van der Waals surface area (Å²) in [7, 11) is 1.67. The quantitative estimate of drug-likeness (QED) is 0.626. The van der Waals surface area contributed by atoms with Crippen molar-refractivity contribution < 1.29 is 19.1 Å². The molecule has 2 N–H and O–H groups in total. The van der Waals surface area contributed by atoms with Crippen LogP contribution in [0.5, 0.6) is 0 Å². The van der Waals surface area contributed by atoms with E-state index in [4.69, 9.17) is 4.74 Å². The minimum absolute atomic E-state index is 0.0203. The van der Waals surface area contributed by atoms with Crippen LogP contribution in [-0.2, 0) is 9.53 Å². The molecule has 192 valence electrons. The van der Waals surface area contributed by atoms with Gasteiger partial charge in [-0.1, -0.05) is 29.8 Å². The fraction of sp³-hybridized carbons (Fsp3) is 0.577. The fourth-order valence-corrected chi connectivity index (χ4v) is 4.58. The Bertz CT molecular complexity index is 1000. The summed E-state index contributed by atoms with van der Waals surface area (Å²) in [6.07, 6.45) is 0. The smallest absolute Gasteiger partial charge is 0.338 e. The van der Waals surface area contributed by atoms with Gasteiger partial charge in [0.15, 0.2) is 0 Å². The summed E-state index contributed by atoms with van der Waals surface area (Å²) in [4.78, 5) is 44.3. The summed E-state index contributed by atoms with van der Waals surface area (Å²) in [5, 5.41) is 6.00. The number of nitrogens with one attached hydrogen (secondary N) is 2. The zero-order valence-corrected chi connectivity index (χ0v) is 22.0. The molecule has 0 radical (unpaired) electrons. The Hall–Kier alpha value is -3.07. The van der Waals surface area contributed by atoms with Crippen molar-refractivity contribution in [2.24, 2.45) is 0 Å². The summed E-state index contributed by atoms with van der Waals surface area (Å²) in [6.45, 7) is 14.1. The molecule has 2 heterocycles. The summed E-state index contributed by atoms with van der Waals surface area (Å²) < 4.78 is 5.43. The number of urea groups is 2. The normalized spacial score (nSPS) is 21.6. The lowest BCUT2D eigenvalue weighted by molar-refractivity contribution is -0.139. The number of nitrogens with zero attached hydrogens (tertiary/aromatic N) is 3. The molecule has 0 bridgehead atoms. The third-order valence-electron chi connectivity index (χ3n) is 6.28. The lowest BCUT2D eigenvalue weighted by Crippen LogP contribution is -2.59. The van der Waals surface area contributed by atoms with Crippen molar-refractivity contribution >= 4 is 18.0 Å². The van der Waals surface area contributed by atoms with Crippen LogP contribution in [0.1, 0.15) is 51.8 Å². The van der Waals surface area contributed by atoms with Crippen LogP contribution < -0.4 is 10.6 Å². The first-order chi connectivity index (χ1) is 16.4. The number of benzene rings is 1. The van der Waals surface area contributed by atoms with Gasteiger partial charge in [-0.2, -0.15) is 0 Å². The fourth-order valence-electron chi connectivity index (χ4n) is 4.58. The molecule has 1 aromatic carbocycles. The van der Waals surface area contributed by atoms with Gasteiger partial charge >= 0.3 is 18.0 Å². The van der Waals surface area contributed by atoms with Crippen molar-refractivity contribution in [3.05, 3.63) is 46.7 Å². The van der Waals surface area contributed by atoms with E-state index in [-0.39, 0.29) is 30.2 Å². The number of carbonyl (C=O) groups excluding carboxylic acids is 3. The van der Waals surface area contributed by atoms with Gasteiger partial charge in [0.1, 0.15) is 0 Å². The highest BCUT2D eigenvalue weighted by Gasteiger charge is 2.38. The Labute approximate surface area is 208 Å². The number of rotatable bonds is 5. The molecule has 0 aromatic heterocycles. The molecule has 3 rings (SSSR count). The van der Waals surface area contributed by atoms with E-state index in [9.17, 15) is 14.4 Å². The van der Waals surface area contributed by atoms with E-state index in [2.05, 4.69) is 15.5 Å². The van der Waals surface area contributed by atoms with Crippen LogP contribution in [0.15, 0.2) is 35.5 Å². The molecule has 0 saturated carbocycles. The van der Waals surface area contributed by atoms with Crippen LogP contribution in [0.3, 0.4) is 0 Å². The van der Waals surface area contributed by atoms with Crippen molar-refractivity contribution in [1.29, 1.82) is 0 Å². The standard InChI is InChI=1S/C26H39N5O4/c1-8-35-23(32)21-20(29(7)24(33)27-22(21)19-11-9-10-17(2)14-19)16-30-12-13-31(18(3)15-30)25(34)28-26(4,5)6/h9-11,14,18,22H,8,12-13,15-16H2,1-7H3,(H,27,33)(H,28,34)/t18-,22-/m0/s1. The Balaban J connectivity index is 1.89. The maximum atomic E-state index is 13.2. The third-order valence-corrected chi connectivity index (χ3v) is 6.28. The van der Waals surface area contributed by atoms with Gasteiger partial charge in [-0.25, -0.2) is 14.4 Å². The molecule has 0 spiro atoms. The van der Waals surface area contributed by atoms with Gasteiger partial charge < -0.3 is 20.3 Å². The van der Waals surface area contributed by atoms with Crippen molar-refractivity contribution in [2.45, 2.75) is 59.2 Å². The lowest BCUT2D eigenvalue weighted by atomic mass is 9.93. The number of esters is 1. The first-order valence-corrected chi connectivity index (χ1v) is 12.2. The molecule has 2 aliphatic heterocycles. The van der Waals surface area contributed by atoms with Gasteiger partial charge in [-0.3, -0.25) is 9.80 Å². The molecule has 0 aliphatic carbocycles. The second kappa shape index (κ2) is 10.7. The average molecular weight is 486 g/mol. The second-order valence-corrected chi connectivity index (χ2v) is 10.4. The largest absolute Gasteiger partial charge is 0.463 e. The summed E-state index contributed by atoms with van der Waals surface area (Å²) in [5.41, 5.74) is 2.64. The SMILES string of the molecule is CCOC(=O)C1=C(CN2CCN(C(=O)NC(C)(C)C)[C@@H](C)C2)N(C)C(=O)N[C@H]1c1cccc(C)c1. The summed E-state index contributed by atoms with van der Waals surface area (Å²) in [5.74, 6) is -0.433. The first kappa shape index (κ1) is 26.5. The predicted molar refractivity (Wildman–Crippen MR) is 135 cm³/mol. The molecule has 2 aliphatic rings. The van der Waals surface area contributed by atoms with Gasteiger partial charge in [0.25, 0.3) is 0 Å². The number of aryl methyl sites for hydroxylation is 1. The van der Waals surface area contributed by atoms with Gasteiger partial charge in [-0.05, 0) is 47.1 Å². The molecule has 9 heteroatoms. The summed E-state index contributed by atoms with van der Waals surface area (Å²) >= 11 is 0. The number of ether oxygens (including phenoxy) is 1. The van der Waals surface area contributed by atoms with Gasteiger partial charge in [0.05, 0.1) is 18.2 Å². The highest BCUT2D eigenvalue weighted by atomic mass is 16.5. The Morgan fingerprint density at radius 2 is 1.94 bits per heavy atom. The Morgan fingerprint density at radius 1 is 1.23 bits per heavy atom. The highest BCUT2D eigenvalue weighted by Crippen LogP contribution is 2.32. The molecule has 9 nitrogen and oxygen atoms in total. The number of hydrogen-bond acceptors (Lipinski definition) is 5. The molecule has 35 heavy (non-hydrogen) atoms. The molecular formula is C26H39N5O4. The van der Waals surface area contributed by atoms with Crippen LogP contribution in [0.25, 0.3) is 0 Å². The second-order valence-electron chi connectivity index (χ2n) is 10.4. The number of likely N-dealkylation sites (N-methyl/N-ethyl adjacent to an activating group) is 1. The average Bonchev–Trinajstić information content (AvgIpc) is 2.75. The van der Waals surface area contributed by atoms with Gasteiger partial charge in [0.2, 0.25) is 0 Å². The van der Waals surface area contributed by atoms with Crippen LogP contribution in [0, 0.1) is 6.92 Å². The lowest BCUT2D eigenvalue weighted by Gasteiger charge is -2.43. The maximum Gasteiger partial charge on any atom is 0.338 e. The van der Waals surface area contributed by atoms with Crippen LogP contribution in [0.2, 0.25) is 0 Å².